The van der Waals surface area contributed by atoms with Gasteiger partial charge in [0.2, 0.25) is 0 Å². The number of nitrogens with one attached hydrogen (secondary N) is 1. The van der Waals surface area contributed by atoms with Crippen molar-refractivity contribution in [1.29, 1.82) is 0 Å². The molecule has 0 atom stereocenters. The molecular weight excluding hydrogens is 310 g/mol. The second kappa shape index (κ2) is 8.06. The first-order valence-corrected chi connectivity index (χ1v) is 9.40. The maximum Gasteiger partial charge on any atom is 0.263 e. The molecule has 0 unspecified atom stereocenters. The van der Waals surface area contributed by atoms with E-state index in [1.165, 1.54) is 25.5 Å². The van der Waals surface area contributed by atoms with Crippen LogP contribution < -0.4 is 4.72 Å². The zero-order valence-electron chi connectivity index (χ0n) is 13.6. The minimum Gasteiger partial charge on any atom is -0.262 e. The molecule has 0 spiro atoms. The van der Waals surface area contributed by atoms with Crippen LogP contribution in [-0.4, -0.2) is 18.4 Å². The molecule has 23 heavy (non-hydrogen) atoms. The predicted octanol–water partition coefficient (Wildman–Crippen LogP) is 3.71. The molecule has 5 nitrogen and oxygen atoms in total. The van der Waals surface area contributed by atoms with Gasteiger partial charge in [0, 0.05) is 0 Å². The quantitative estimate of drug-likeness (QED) is 0.748. The molecule has 0 saturated heterocycles. The Balaban J connectivity index is 1.98. The summed E-state index contributed by atoms with van der Waals surface area (Å²) in [6.07, 6.45) is 8.67. The SMILES string of the molecule is CCCCCCc1cnc(NS(=O)(=O)c2ccc(C)cc2)cn1. The summed E-state index contributed by atoms with van der Waals surface area (Å²) in [4.78, 5) is 8.65. The van der Waals surface area contributed by atoms with Crippen molar-refractivity contribution in [2.45, 2.75) is 50.8 Å². The summed E-state index contributed by atoms with van der Waals surface area (Å²) >= 11 is 0. The molecule has 0 saturated carbocycles. The molecule has 124 valence electrons. The van der Waals surface area contributed by atoms with E-state index in [0.717, 1.165) is 24.1 Å². The third-order valence-electron chi connectivity index (χ3n) is 3.56. The molecule has 1 heterocycles. The first-order valence-electron chi connectivity index (χ1n) is 7.91. The van der Waals surface area contributed by atoms with Gasteiger partial charge in [-0.3, -0.25) is 9.71 Å². The Kier molecular flexibility index (Phi) is 6.10. The van der Waals surface area contributed by atoms with Gasteiger partial charge in [-0.05, 0) is 31.9 Å². The number of rotatable bonds is 8. The van der Waals surface area contributed by atoms with Crippen molar-refractivity contribution in [2.24, 2.45) is 0 Å². The van der Waals surface area contributed by atoms with Gasteiger partial charge in [-0.15, -0.1) is 0 Å². The van der Waals surface area contributed by atoms with Crippen LogP contribution in [0, 0.1) is 6.92 Å². The van der Waals surface area contributed by atoms with Crippen molar-refractivity contribution < 1.29 is 8.42 Å². The minimum atomic E-state index is -3.62. The highest BCUT2D eigenvalue weighted by molar-refractivity contribution is 7.92. The molecule has 1 aromatic heterocycles. The highest BCUT2D eigenvalue weighted by atomic mass is 32.2. The van der Waals surface area contributed by atoms with Gasteiger partial charge in [-0.2, -0.15) is 0 Å². The topological polar surface area (TPSA) is 72.0 Å². The number of aryl methyl sites for hydroxylation is 2. The summed E-state index contributed by atoms with van der Waals surface area (Å²) in [6.45, 7) is 4.09. The number of unbranched alkanes of at least 4 members (excludes halogenated alkanes) is 3. The Morgan fingerprint density at radius 2 is 1.74 bits per heavy atom. The molecule has 6 heteroatoms. The van der Waals surface area contributed by atoms with Crippen molar-refractivity contribution in [3.63, 3.8) is 0 Å². The van der Waals surface area contributed by atoms with Gasteiger partial charge in [-0.1, -0.05) is 43.9 Å². The van der Waals surface area contributed by atoms with Crippen LogP contribution in [-0.2, 0) is 16.4 Å². The Morgan fingerprint density at radius 3 is 2.35 bits per heavy atom. The first kappa shape index (κ1) is 17.4. The monoisotopic (exact) mass is 333 g/mol. The maximum absolute atomic E-state index is 12.3. The van der Waals surface area contributed by atoms with Crippen molar-refractivity contribution in [2.75, 3.05) is 4.72 Å². The molecular formula is C17H23N3O2S. The van der Waals surface area contributed by atoms with E-state index in [-0.39, 0.29) is 10.7 Å². The van der Waals surface area contributed by atoms with Crippen LogP contribution in [0.2, 0.25) is 0 Å². The Hall–Kier alpha value is -1.95. The lowest BCUT2D eigenvalue weighted by atomic mass is 10.1. The number of hydrogen-bond donors (Lipinski definition) is 1. The third kappa shape index (κ3) is 5.32. The Morgan fingerprint density at radius 1 is 1.00 bits per heavy atom. The number of nitrogens with zero attached hydrogens (tertiary/aromatic N) is 2. The van der Waals surface area contributed by atoms with E-state index < -0.39 is 10.0 Å². The molecule has 0 aliphatic heterocycles. The van der Waals surface area contributed by atoms with Crippen molar-refractivity contribution in [3.8, 4) is 0 Å². The average Bonchev–Trinajstić information content (AvgIpc) is 2.53. The van der Waals surface area contributed by atoms with Crippen LogP contribution in [0.25, 0.3) is 0 Å². The fourth-order valence-electron chi connectivity index (χ4n) is 2.18. The zero-order chi connectivity index (χ0) is 16.7. The van der Waals surface area contributed by atoms with Gasteiger partial charge in [-0.25, -0.2) is 13.4 Å². The van der Waals surface area contributed by atoms with Gasteiger partial charge >= 0.3 is 0 Å². The molecule has 1 N–H and O–H groups in total. The Labute approximate surface area is 138 Å². The highest BCUT2D eigenvalue weighted by Gasteiger charge is 2.14. The van der Waals surface area contributed by atoms with E-state index in [2.05, 4.69) is 21.6 Å². The normalized spacial score (nSPS) is 11.4. The molecule has 2 rings (SSSR count). The number of aromatic nitrogens is 2. The molecule has 0 fully saturated rings. The van der Waals surface area contributed by atoms with E-state index in [0.29, 0.717) is 0 Å². The lowest BCUT2D eigenvalue weighted by Crippen LogP contribution is -2.14. The number of benzene rings is 1. The van der Waals surface area contributed by atoms with E-state index in [4.69, 9.17) is 0 Å². The van der Waals surface area contributed by atoms with Crippen LogP contribution in [0.1, 0.15) is 43.9 Å². The van der Waals surface area contributed by atoms with Crippen molar-refractivity contribution in [1.82, 2.24) is 9.97 Å². The van der Waals surface area contributed by atoms with Gasteiger partial charge in [0.25, 0.3) is 10.0 Å². The van der Waals surface area contributed by atoms with Crippen LogP contribution in [0.5, 0.6) is 0 Å². The standard InChI is InChI=1S/C17H23N3O2S/c1-3-4-5-6-7-15-12-19-17(13-18-15)20-23(21,22)16-10-8-14(2)9-11-16/h8-13H,3-7H2,1-2H3,(H,19,20). The average molecular weight is 333 g/mol. The number of anilines is 1. The van der Waals surface area contributed by atoms with Gasteiger partial charge in [0.1, 0.15) is 0 Å². The lowest BCUT2D eigenvalue weighted by Gasteiger charge is -2.08. The summed E-state index contributed by atoms with van der Waals surface area (Å²) in [6, 6.07) is 6.68. The molecule has 0 amide bonds. The molecule has 2 aromatic rings. The summed E-state index contributed by atoms with van der Waals surface area (Å²) < 4.78 is 27.0. The number of sulfonamides is 1. The fourth-order valence-corrected chi connectivity index (χ4v) is 3.18. The molecule has 0 aliphatic rings. The summed E-state index contributed by atoms with van der Waals surface area (Å²) in [5, 5.41) is 0. The zero-order valence-corrected chi connectivity index (χ0v) is 14.4. The molecule has 0 aliphatic carbocycles. The second-order valence-corrected chi connectivity index (χ2v) is 7.30. The minimum absolute atomic E-state index is 0.216. The highest BCUT2D eigenvalue weighted by Crippen LogP contribution is 2.15. The van der Waals surface area contributed by atoms with E-state index in [1.807, 2.05) is 6.92 Å². The van der Waals surface area contributed by atoms with Crippen molar-refractivity contribution >= 4 is 15.8 Å². The van der Waals surface area contributed by atoms with Crippen LogP contribution >= 0.6 is 0 Å². The third-order valence-corrected chi connectivity index (χ3v) is 4.93. The summed E-state index contributed by atoms with van der Waals surface area (Å²) in [5.41, 5.74) is 1.90. The molecule has 1 aromatic carbocycles. The van der Waals surface area contributed by atoms with Crippen molar-refractivity contribution in [3.05, 3.63) is 47.9 Å². The van der Waals surface area contributed by atoms with Gasteiger partial charge in [0.05, 0.1) is 23.0 Å². The molecule has 0 radical (unpaired) electrons. The van der Waals surface area contributed by atoms with E-state index in [1.54, 1.807) is 30.5 Å². The van der Waals surface area contributed by atoms with Crippen LogP contribution in [0.15, 0.2) is 41.6 Å². The first-order chi connectivity index (χ1) is 11.0. The van der Waals surface area contributed by atoms with E-state index in [9.17, 15) is 8.42 Å². The summed E-state index contributed by atoms with van der Waals surface area (Å²) in [5.74, 6) is 0.239. The predicted molar refractivity (Wildman–Crippen MR) is 91.9 cm³/mol. The van der Waals surface area contributed by atoms with Gasteiger partial charge in [0.15, 0.2) is 5.82 Å². The van der Waals surface area contributed by atoms with Crippen LogP contribution in [0.3, 0.4) is 0 Å². The number of hydrogen-bond acceptors (Lipinski definition) is 4. The van der Waals surface area contributed by atoms with Gasteiger partial charge < -0.3 is 0 Å². The summed E-state index contributed by atoms with van der Waals surface area (Å²) in [7, 11) is -3.62. The van der Waals surface area contributed by atoms with Crippen LogP contribution in [0.4, 0.5) is 5.82 Å². The lowest BCUT2D eigenvalue weighted by molar-refractivity contribution is 0.601. The Bertz CT molecular complexity index is 711. The fraction of sp³-hybridized carbons (Fsp3) is 0.412. The molecule has 0 bridgehead atoms. The smallest absolute Gasteiger partial charge is 0.262 e. The second-order valence-electron chi connectivity index (χ2n) is 5.62. The largest absolute Gasteiger partial charge is 0.263 e. The van der Waals surface area contributed by atoms with E-state index >= 15 is 0 Å². The maximum atomic E-state index is 12.3.